The van der Waals surface area contributed by atoms with Gasteiger partial charge in [0.1, 0.15) is 18.2 Å². The van der Waals surface area contributed by atoms with E-state index in [9.17, 15) is 9.18 Å². The molecule has 2 atom stereocenters. The first-order valence-electron chi connectivity index (χ1n) is 6.43. The molecule has 2 heterocycles. The first kappa shape index (κ1) is 14.0. The molecule has 0 aliphatic carbocycles. The van der Waals surface area contributed by atoms with Crippen molar-refractivity contribution in [2.24, 2.45) is 0 Å². The minimum Gasteiger partial charge on any atom is -0.371 e. The Hall–Kier alpha value is -1.92. The molecule has 1 N–H and O–H groups in total. The molecular formula is C14H12ClFN2O3. The van der Waals surface area contributed by atoms with E-state index < -0.39 is 11.9 Å². The zero-order chi connectivity index (χ0) is 14.8. The Bertz CT molecular complexity index is 648. The van der Waals surface area contributed by atoms with Crippen LogP contribution in [-0.4, -0.2) is 23.7 Å². The smallest absolute Gasteiger partial charge is 0.273 e. The molecule has 1 aromatic heterocycles. The molecular weight excluding hydrogens is 299 g/mol. The maximum Gasteiger partial charge on any atom is 0.273 e. The quantitative estimate of drug-likeness (QED) is 0.946. The fraction of sp³-hybridized carbons (Fsp3) is 0.286. The van der Waals surface area contributed by atoms with E-state index in [0.29, 0.717) is 18.6 Å². The molecule has 0 radical (unpaired) electrons. The zero-order valence-electron chi connectivity index (χ0n) is 10.9. The Morgan fingerprint density at radius 1 is 1.43 bits per heavy atom. The summed E-state index contributed by atoms with van der Waals surface area (Å²) in [6.07, 6.45) is 1.55. The number of hydrogen-bond donors (Lipinski definition) is 1. The van der Waals surface area contributed by atoms with Gasteiger partial charge in [-0.3, -0.25) is 4.79 Å². The van der Waals surface area contributed by atoms with Crippen molar-refractivity contribution in [2.45, 2.75) is 18.6 Å². The van der Waals surface area contributed by atoms with Gasteiger partial charge in [0.15, 0.2) is 5.69 Å². The van der Waals surface area contributed by atoms with Crippen LogP contribution in [0.1, 0.15) is 28.6 Å². The summed E-state index contributed by atoms with van der Waals surface area (Å²) in [5.74, 6) is -0.857. The summed E-state index contributed by atoms with van der Waals surface area (Å²) in [6, 6.07) is 5.71. The lowest BCUT2D eigenvalue weighted by Gasteiger charge is -2.20. The average molecular weight is 311 g/mol. The summed E-state index contributed by atoms with van der Waals surface area (Å²) < 4.78 is 23.8. The van der Waals surface area contributed by atoms with Gasteiger partial charge in [0, 0.05) is 12.7 Å². The lowest BCUT2D eigenvalue weighted by Crippen LogP contribution is -2.37. The molecule has 7 heteroatoms. The minimum atomic E-state index is -0.508. The van der Waals surface area contributed by atoms with E-state index in [-0.39, 0.29) is 22.7 Å². The van der Waals surface area contributed by atoms with Crippen molar-refractivity contribution >= 4 is 17.5 Å². The van der Waals surface area contributed by atoms with Gasteiger partial charge in [-0.2, -0.15) is 0 Å². The highest BCUT2D eigenvalue weighted by molar-refractivity contribution is 6.30. The number of hydrogen-bond acceptors (Lipinski definition) is 4. The van der Waals surface area contributed by atoms with Crippen molar-refractivity contribution in [3.05, 3.63) is 52.6 Å². The van der Waals surface area contributed by atoms with E-state index in [4.69, 9.17) is 16.3 Å². The van der Waals surface area contributed by atoms with Crippen LogP contribution in [0.5, 0.6) is 0 Å². The number of amides is 1. The molecule has 21 heavy (non-hydrogen) atoms. The van der Waals surface area contributed by atoms with Crippen molar-refractivity contribution in [1.29, 1.82) is 0 Å². The summed E-state index contributed by atoms with van der Waals surface area (Å²) in [6.45, 7) is 0.485. The minimum absolute atomic E-state index is 0.0555. The molecule has 1 amide bonds. The van der Waals surface area contributed by atoms with Gasteiger partial charge in [0.25, 0.3) is 5.91 Å². The Balaban J connectivity index is 1.76. The monoisotopic (exact) mass is 310 g/mol. The van der Waals surface area contributed by atoms with E-state index in [1.807, 2.05) is 0 Å². The van der Waals surface area contributed by atoms with Gasteiger partial charge in [-0.1, -0.05) is 22.8 Å². The third-order valence-electron chi connectivity index (χ3n) is 3.35. The SMILES string of the molecule is O=C(N[C@@H]1CCO[C@@H]1c1ccc(Cl)c(F)c1)c1ccon1. The van der Waals surface area contributed by atoms with E-state index in [0.717, 1.165) is 0 Å². The van der Waals surface area contributed by atoms with Crippen LogP contribution in [-0.2, 0) is 4.74 Å². The van der Waals surface area contributed by atoms with Gasteiger partial charge in [-0.05, 0) is 24.1 Å². The lowest BCUT2D eigenvalue weighted by molar-refractivity contribution is 0.0814. The number of carbonyl (C=O) groups is 1. The maximum atomic E-state index is 13.5. The number of carbonyl (C=O) groups excluding carboxylic acids is 1. The fourth-order valence-electron chi connectivity index (χ4n) is 2.33. The number of benzene rings is 1. The van der Waals surface area contributed by atoms with Crippen LogP contribution in [0.2, 0.25) is 5.02 Å². The number of nitrogens with one attached hydrogen (secondary N) is 1. The molecule has 2 aromatic rings. The molecule has 1 aromatic carbocycles. The maximum absolute atomic E-state index is 13.5. The molecule has 1 fully saturated rings. The summed E-state index contributed by atoms with van der Waals surface area (Å²) in [5, 5.41) is 6.45. The van der Waals surface area contributed by atoms with Crippen molar-refractivity contribution in [1.82, 2.24) is 10.5 Å². The molecule has 1 aliphatic heterocycles. The van der Waals surface area contributed by atoms with Gasteiger partial charge >= 0.3 is 0 Å². The lowest BCUT2D eigenvalue weighted by atomic mass is 10.0. The van der Waals surface area contributed by atoms with Crippen molar-refractivity contribution in [3.8, 4) is 0 Å². The molecule has 1 aliphatic rings. The Morgan fingerprint density at radius 2 is 2.29 bits per heavy atom. The average Bonchev–Trinajstić information content (AvgIpc) is 3.13. The van der Waals surface area contributed by atoms with E-state index in [1.54, 1.807) is 6.07 Å². The number of halogens is 2. The van der Waals surface area contributed by atoms with Crippen molar-refractivity contribution in [3.63, 3.8) is 0 Å². The van der Waals surface area contributed by atoms with E-state index in [2.05, 4.69) is 15.0 Å². The standard InChI is InChI=1S/C14H12ClFN2O3/c15-9-2-1-8(7-10(9)16)13-11(3-5-20-13)17-14(19)12-4-6-21-18-12/h1-2,4,6-7,11,13H,3,5H2,(H,17,19)/t11-,13-/m1/s1. The molecule has 3 rings (SSSR count). The second kappa shape index (κ2) is 5.83. The summed E-state index contributed by atoms with van der Waals surface area (Å²) in [7, 11) is 0. The number of ether oxygens (including phenoxy) is 1. The van der Waals surface area contributed by atoms with Gasteiger partial charge in [0.05, 0.1) is 11.1 Å². The zero-order valence-corrected chi connectivity index (χ0v) is 11.6. The largest absolute Gasteiger partial charge is 0.371 e. The molecule has 110 valence electrons. The first-order valence-corrected chi connectivity index (χ1v) is 6.81. The van der Waals surface area contributed by atoms with Gasteiger partial charge in [-0.25, -0.2) is 4.39 Å². The van der Waals surface area contributed by atoms with Crippen molar-refractivity contribution in [2.75, 3.05) is 6.61 Å². The molecule has 0 unspecified atom stereocenters. The fourth-order valence-corrected chi connectivity index (χ4v) is 2.44. The predicted octanol–water partition coefficient (Wildman–Crippen LogP) is 2.73. The highest BCUT2D eigenvalue weighted by atomic mass is 35.5. The molecule has 0 spiro atoms. The van der Waals surface area contributed by atoms with Gasteiger partial charge in [0.2, 0.25) is 0 Å². The van der Waals surface area contributed by atoms with Crippen LogP contribution in [0.25, 0.3) is 0 Å². The second-order valence-corrected chi connectivity index (χ2v) is 5.13. The highest BCUT2D eigenvalue weighted by Crippen LogP contribution is 2.31. The normalized spacial score (nSPS) is 21.4. The predicted molar refractivity (Wildman–Crippen MR) is 72.5 cm³/mol. The molecule has 1 saturated heterocycles. The third-order valence-corrected chi connectivity index (χ3v) is 3.66. The number of nitrogens with zero attached hydrogens (tertiary/aromatic N) is 1. The molecule has 0 saturated carbocycles. The van der Waals surface area contributed by atoms with Crippen LogP contribution in [0.15, 0.2) is 35.1 Å². The first-order chi connectivity index (χ1) is 10.1. The number of aromatic nitrogens is 1. The second-order valence-electron chi connectivity index (χ2n) is 4.72. The topological polar surface area (TPSA) is 64.4 Å². The Kier molecular flexibility index (Phi) is 3.90. The summed E-state index contributed by atoms with van der Waals surface area (Å²) in [5.41, 5.74) is 0.836. The number of rotatable bonds is 3. The van der Waals surface area contributed by atoms with E-state index in [1.165, 1.54) is 24.5 Å². The van der Waals surface area contributed by atoms with Crippen LogP contribution in [0, 0.1) is 5.82 Å². The van der Waals surface area contributed by atoms with Gasteiger partial charge in [-0.15, -0.1) is 0 Å². The van der Waals surface area contributed by atoms with Gasteiger partial charge < -0.3 is 14.6 Å². The third kappa shape index (κ3) is 2.91. The van der Waals surface area contributed by atoms with Crippen LogP contribution < -0.4 is 5.32 Å². The van der Waals surface area contributed by atoms with Crippen LogP contribution in [0.3, 0.4) is 0 Å². The molecule has 5 nitrogen and oxygen atoms in total. The van der Waals surface area contributed by atoms with Crippen LogP contribution >= 0.6 is 11.6 Å². The molecule has 0 bridgehead atoms. The highest BCUT2D eigenvalue weighted by Gasteiger charge is 2.32. The summed E-state index contributed by atoms with van der Waals surface area (Å²) in [4.78, 5) is 12.0. The van der Waals surface area contributed by atoms with Crippen molar-refractivity contribution < 1.29 is 18.4 Å². The van der Waals surface area contributed by atoms with E-state index >= 15 is 0 Å². The van der Waals surface area contributed by atoms with Crippen LogP contribution in [0.4, 0.5) is 4.39 Å². The Morgan fingerprint density at radius 3 is 3.00 bits per heavy atom. The summed E-state index contributed by atoms with van der Waals surface area (Å²) >= 11 is 5.67. The Labute approximate surface area is 125 Å².